The van der Waals surface area contributed by atoms with Gasteiger partial charge in [-0.25, -0.2) is 0 Å². The molecule has 2 N–H and O–H groups in total. The minimum Gasteiger partial charge on any atom is -0.507 e. The molecule has 0 heterocycles. The van der Waals surface area contributed by atoms with E-state index in [9.17, 15) is 10.2 Å². The third kappa shape index (κ3) is 3.61. The maximum absolute atomic E-state index is 9.93. The third-order valence-corrected chi connectivity index (χ3v) is 6.97. The number of rotatable bonds is 3. The number of phenolic OH excluding ortho intramolecular Hbond substituents is 2. The predicted octanol–water partition coefficient (Wildman–Crippen LogP) is 7.50. The summed E-state index contributed by atoms with van der Waals surface area (Å²) in [5.41, 5.74) is 2.52. The van der Waals surface area contributed by atoms with Crippen LogP contribution in [0.3, 0.4) is 0 Å². The summed E-state index contributed by atoms with van der Waals surface area (Å²) in [5.74, 6) is 0.382. The van der Waals surface area contributed by atoms with E-state index in [0.29, 0.717) is 8.95 Å². The maximum atomic E-state index is 9.93. The minimum atomic E-state index is -0.533. The molecule has 2 nitrogen and oxygen atoms in total. The molecule has 3 aromatic carbocycles. The highest BCUT2D eigenvalue weighted by molar-refractivity contribution is 9.11. The molecule has 0 atom stereocenters. The molecule has 0 spiro atoms. The SMILES string of the molecule is CC(c1ccc(O)c(Br)c1)(c1ccc(O)c(Br)c1)c1cc(Br)ccc1Br. The van der Waals surface area contributed by atoms with Crippen LogP contribution in [0.4, 0.5) is 0 Å². The number of phenols is 2. The summed E-state index contributed by atoms with van der Waals surface area (Å²) in [5, 5.41) is 19.9. The lowest BCUT2D eigenvalue weighted by molar-refractivity contribution is 0.471. The monoisotopic (exact) mass is 602 g/mol. The van der Waals surface area contributed by atoms with Crippen LogP contribution in [-0.2, 0) is 5.41 Å². The Kier molecular flexibility index (Phi) is 5.87. The number of benzene rings is 3. The molecule has 0 saturated carbocycles. The van der Waals surface area contributed by atoms with Gasteiger partial charge in [0.1, 0.15) is 11.5 Å². The number of hydrogen-bond donors (Lipinski definition) is 2. The molecule has 0 fully saturated rings. The highest BCUT2D eigenvalue weighted by atomic mass is 79.9. The molecular weight excluding hydrogens is 592 g/mol. The van der Waals surface area contributed by atoms with Gasteiger partial charge in [-0.2, -0.15) is 0 Å². The van der Waals surface area contributed by atoms with E-state index in [1.165, 1.54) is 0 Å². The van der Waals surface area contributed by atoms with Crippen molar-refractivity contribution >= 4 is 63.7 Å². The van der Waals surface area contributed by atoms with Crippen LogP contribution < -0.4 is 0 Å². The lowest BCUT2D eigenvalue weighted by Crippen LogP contribution is -2.26. The fourth-order valence-corrected chi connectivity index (χ4v) is 4.76. The first-order chi connectivity index (χ1) is 12.2. The molecule has 6 heteroatoms. The van der Waals surface area contributed by atoms with Gasteiger partial charge in [-0.05, 0) is 97.9 Å². The Hall–Kier alpha value is -0.820. The van der Waals surface area contributed by atoms with Crippen molar-refractivity contribution in [2.45, 2.75) is 12.3 Å². The Morgan fingerprint density at radius 2 is 1.15 bits per heavy atom. The molecule has 0 aliphatic heterocycles. The van der Waals surface area contributed by atoms with Crippen molar-refractivity contribution in [3.63, 3.8) is 0 Å². The Morgan fingerprint density at radius 3 is 1.62 bits per heavy atom. The molecule has 134 valence electrons. The Balaban J connectivity index is 2.36. The Bertz CT molecular complexity index is 934. The van der Waals surface area contributed by atoms with Gasteiger partial charge in [0.15, 0.2) is 0 Å². The molecule has 0 radical (unpaired) electrons. The summed E-state index contributed by atoms with van der Waals surface area (Å²) in [4.78, 5) is 0. The maximum Gasteiger partial charge on any atom is 0.129 e. The topological polar surface area (TPSA) is 40.5 Å². The minimum absolute atomic E-state index is 0.191. The average Bonchev–Trinajstić information content (AvgIpc) is 2.61. The second-order valence-electron chi connectivity index (χ2n) is 6.08. The normalized spacial score (nSPS) is 11.6. The Labute approximate surface area is 185 Å². The molecule has 0 saturated heterocycles. The predicted molar refractivity (Wildman–Crippen MR) is 119 cm³/mol. The first-order valence-electron chi connectivity index (χ1n) is 7.67. The van der Waals surface area contributed by atoms with Gasteiger partial charge in [0.2, 0.25) is 0 Å². The van der Waals surface area contributed by atoms with Gasteiger partial charge < -0.3 is 10.2 Å². The largest absolute Gasteiger partial charge is 0.507 e. The fourth-order valence-electron chi connectivity index (χ4n) is 2.99. The van der Waals surface area contributed by atoms with E-state index >= 15 is 0 Å². The third-order valence-electron chi connectivity index (χ3n) is 4.52. The van der Waals surface area contributed by atoms with Crippen molar-refractivity contribution < 1.29 is 10.2 Å². The van der Waals surface area contributed by atoms with E-state index in [-0.39, 0.29) is 11.5 Å². The number of halogens is 4. The molecule has 26 heavy (non-hydrogen) atoms. The fraction of sp³-hybridized carbons (Fsp3) is 0.100. The zero-order valence-electron chi connectivity index (χ0n) is 13.6. The van der Waals surface area contributed by atoms with Gasteiger partial charge in [0.25, 0.3) is 0 Å². The molecule has 0 bridgehead atoms. The molecule has 3 aromatic rings. The highest BCUT2D eigenvalue weighted by Crippen LogP contribution is 2.45. The van der Waals surface area contributed by atoms with Gasteiger partial charge >= 0.3 is 0 Å². The van der Waals surface area contributed by atoms with Gasteiger partial charge in [-0.15, -0.1) is 0 Å². The van der Waals surface area contributed by atoms with Crippen LogP contribution in [0, 0.1) is 0 Å². The van der Waals surface area contributed by atoms with Crippen LogP contribution in [0.25, 0.3) is 0 Å². The van der Waals surface area contributed by atoms with Gasteiger partial charge in [-0.3, -0.25) is 0 Å². The summed E-state index contributed by atoms with van der Waals surface area (Å²) >= 11 is 14.1. The van der Waals surface area contributed by atoms with Crippen LogP contribution in [-0.4, -0.2) is 10.2 Å². The average molecular weight is 606 g/mol. The highest BCUT2D eigenvalue weighted by Gasteiger charge is 2.34. The summed E-state index contributed by atoms with van der Waals surface area (Å²) in [6.45, 7) is 2.12. The van der Waals surface area contributed by atoms with E-state index in [2.05, 4.69) is 76.7 Å². The lowest BCUT2D eigenvalue weighted by atomic mass is 9.71. The first-order valence-corrected chi connectivity index (χ1v) is 10.8. The zero-order chi connectivity index (χ0) is 19.1. The van der Waals surface area contributed by atoms with Crippen molar-refractivity contribution in [2.75, 3.05) is 0 Å². The smallest absolute Gasteiger partial charge is 0.129 e. The van der Waals surface area contributed by atoms with Crippen molar-refractivity contribution in [1.29, 1.82) is 0 Å². The summed E-state index contributed by atoms with van der Waals surface area (Å²) in [6, 6.07) is 17.1. The van der Waals surface area contributed by atoms with Gasteiger partial charge in [0, 0.05) is 14.4 Å². The van der Waals surface area contributed by atoms with Crippen LogP contribution in [0.5, 0.6) is 11.5 Å². The van der Waals surface area contributed by atoms with Crippen LogP contribution in [0.15, 0.2) is 72.5 Å². The van der Waals surface area contributed by atoms with Crippen LogP contribution in [0.2, 0.25) is 0 Å². The second kappa shape index (κ2) is 7.66. The molecule has 3 rings (SSSR count). The second-order valence-corrected chi connectivity index (χ2v) is 9.56. The quantitative estimate of drug-likeness (QED) is 0.304. The van der Waals surface area contributed by atoms with Crippen LogP contribution >= 0.6 is 63.7 Å². The molecule has 0 amide bonds. The zero-order valence-corrected chi connectivity index (χ0v) is 19.9. The van der Waals surface area contributed by atoms with E-state index in [1.807, 2.05) is 36.4 Å². The van der Waals surface area contributed by atoms with E-state index in [4.69, 9.17) is 0 Å². The first kappa shape index (κ1) is 19.9. The van der Waals surface area contributed by atoms with E-state index in [0.717, 1.165) is 25.6 Å². The van der Waals surface area contributed by atoms with Crippen molar-refractivity contribution in [3.05, 3.63) is 89.2 Å². The molecule has 0 unspecified atom stereocenters. The Morgan fingerprint density at radius 1 is 0.654 bits per heavy atom. The van der Waals surface area contributed by atoms with Crippen molar-refractivity contribution in [1.82, 2.24) is 0 Å². The molecule has 0 aromatic heterocycles. The van der Waals surface area contributed by atoms with Crippen LogP contribution in [0.1, 0.15) is 23.6 Å². The standard InChI is InChI=1S/C20H14Br4O2/c1-20(11-2-6-18(25)16(23)8-11,12-3-7-19(26)17(24)9-12)14-10-13(21)4-5-15(14)22/h2-10,25-26H,1H3. The van der Waals surface area contributed by atoms with Gasteiger partial charge in [-0.1, -0.05) is 44.0 Å². The summed E-state index contributed by atoms with van der Waals surface area (Å²) < 4.78 is 3.20. The van der Waals surface area contributed by atoms with E-state index in [1.54, 1.807) is 12.1 Å². The lowest BCUT2D eigenvalue weighted by Gasteiger charge is -2.33. The van der Waals surface area contributed by atoms with Gasteiger partial charge in [0.05, 0.1) is 8.95 Å². The van der Waals surface area contributed by atoms with Crippen molar-refractivity contribution in [2.24, 2.45) is 0 Å². The van der Waals surface area contributed by atoms with Crippen molar-refractivity contribution in [3.8, 4) is 11.5 Å². The molecule has 0 aliphatic rings. The number of aromatic hydroxyl groups is 2. The summed E-state index contributed by atoms with van der Waals surface area (Å²) in [7, 11) is 0. The molecular formula is C20H14Br4O2. The number of hydrogen-bond acceptors (Lipinski definition) is 2. The van der Waals surface area contributed by atoms with E-state index < -0.39 is 5.41 Å². The summed E-state index contributed by atoms with van der Waals surface area (Å²) in [6.07, 6.45) is 0. The molecule has 0 aliphatic carbocycles.